The lowest BCUT2D eigenvalue weighted by atomic mass is 10.1. The van der Waals surface area contributed by atoms with E-state index in [1.807, 2.05) is 25.6 Å². The van der Waals surface area contributed by atoms with Crippen LogP contribution in [0.3, 0.4) is 0 Å². The summed E-state index contributed by atoms with van der Waals surface area (Å²) in [5.41, 5.74) is 1.77. The van der Waals surface area contributed by atoms with Gasteiger partial charge >= 0.3 is 0 Å². The largest absolute Gasteiger partial charge is 0.361 e. The quantitative estimate of drug-likeness (QED) is 0.834. The van der Waals surface area contributed by atoms with Gasteiger partial charge in [0.1, 0.15) is 5.76 Å². The fourth-order valence-corrected chi connectivity index (χ4v) is 2.58. The van der Waals surface area contributed by atoms with Gasteiger partial charge in [0.2, 0.25) is 11.7 Å². The van der Waals surface area contributed by atoms with Gasteiger partial charge in [0.15, 0.2) is 0 Å². The predicted octanol–water partition coefficient (Wildman–Crippen LogP) is 2.43. The Morgan fingerprint density at radius 1 is 1.29 bits per heavy atom. The van der Waals surface area contributed by atoms with E-state index in [2.05, 4.69) is 15.3 Å². The highest BCUT2D eigenvalue weighted by Gasteiger charge is 2.27. The number of nitrogens with zero attached hydrogens (tertiary/aromatic N) is 3. The van der Waals surface area contributed by atoms with Crippen molar-refractivity contribution in [2.75, 3.05) is 11.5 Å². The number of hydrogen-bond donors (Lipinski definition) is 0. The molecule has 0 unspecified atom stereocenters. The number of aromatic nitrogens is 3. The van der Waals surface area contributed by atoms with E-state index in [9.17, 15) is 0 Å². The van der Waals surface area contributed by atoms with Crippen LogP contribution in [-0.2, 0) is 6.42 Å². The summed E-state index contributed by atoms with van der Waals surface area (Å²) >= 11 is 1.90. The van der Waals surface area contributed by atoms with Gasteiger partial charge in [-0.15, -0.1) is 0 Å². The van der Waals surface area contributed by atoms with Crippen LogP contribution in [0.1, 0.15) is 30.2 Å². The summed E-state index contributed by atoms with van der Waals surface area (Å²) in [6.45, 7) is 3.90. The molecule has 1 saturated heterocycles. The van der Waals surface area contributed by atoms with Crippen LogP contribution in [-0.4, -0.2) is 26.8 Å². The molecule has 3 rings (SSSR count). The van der Waals surface area contributed by atoms with Gasteiger partial charge in [0, 0.05) is 11.5 Å². The minimum Gasteiger partial charge on any atom is -0.361 e. The lowest BCUT2D eigenvalue weighted by Crippen LogP contribution is -2.15. The molecule has 2 aromatic heterocycles. The molecule has 3 heterocycles. The maximum atomic E-state index is 5.30. The maximum absolute atomic E-state index is 5.30. The minimum absolute atomic E-state index is 0.423. The molecule has 6 heteroatoms. The van der Waals surface area contributed by atoms with Crippen LogP contribution in [0.2, 0.25) is 0 Å². The first-order valence-electron chi connectivity index (χ1n) is 5.66. The van der Waals surface area contributed by atoms with Crippen molar-refractivity contribution in [1.82, 2.24) is 15.3 Å². The van der Waals surface area contributed by atoms with E-state index < -0.39 is 0 Å². The van der Waals surface area contributed by atoms with Crippen molar-refractivity contribution in [3.8, 4) is 11.4 Å². The number of rotatable bonds is 3. The first-order valence-corrected chi connectivity index (χ1v) is 6.82. The lowest BCUT2D eigenvalue weighted by Gasteiger charge is -2.19. The predicted molar refractivity (Wildman–Crippen MR) is 64.0 cm³/mol. The molecule has 0 aromatic carbocycles. The molecule has 0 radical (unpaired) electrons. The Kier molecular flexibility index (Phi) is 2.66. The topological polar surface area (TPSA) is 65.0 Å². The second kappa shape index (κ2) is 4.18. The van der Waals surface area contributed by atoms with Crippen LogP contribution in [0.4, 0.5) is 0 Å². The summed E-state index contributed by atoms with van der Waals surface area (Å²) in [7, 11) is 0. The third-order valence-electron chi connectivity index (χ3n) is 2.92. The second-order valence-corrected chi connectivity index (χ2v) is 5.18. The van der Waals surface area contributed by atoms with Crippen LogP contribution < -0.4 is 0 Å². The first-order chi connectivity index (χ1) is 8.29. The molecule has 0 amide bonds. The molecule has 0 bridgehead atoms. The highest BCUT2D eigenvalue weighted by molar-refractivity contribution is 8.00. The average Bonchev–Trinajstić information content (AvgIpc) is 2.82. The van der Waals surface area contributed by atoms with E-state index >= 15 is 0 Å². The first kappa shape index (κ1) is 10.8. The fraction of sp³-hybridized carbons (Fsp3) is 0.545. The summed E-state index contributed by atoms with van der Waals surface area (Å²) in [4.78, 5) is 4.45. The molecular weight excluding hydrogens is 238 g/mol. The zero-order chi connectivity index (χ0) is 11.8. The smallest absolute Gasteiger partial charge is 0.231 e. The highest BCUT2D eigenvalue weighted by atomic mass is 32.2. The minimum atomic E-state index is 0.423. The monoisotopic (exact) mass is 251 g/mol. The zero-order valence-electron chi connectivity index (χ0n) is 9.77. The summed E-state index contributed by atoms with van der Waals surface area (Å²) < 4.78 is 10.5. The Morgan fingerprint density at radius 3 is 2.76 bits per heavy atom. The molecular formula is C11H13N3O2S. The third-order valence-corrected chi connectivity index (χ3v) is 4.20. The van der Waals surface area contributed by atoms with Crippen molar-refractivity contribution < 1.29 is 9.05 Å². The molecule has 1 fully saturated rings. The van der Waals surface area contributed by atoms with Crippen LogP contribution >= 0.6 is 11.8 Å². The SMILES string of the molecule is CCc1noc(C)c1-c1noc(C2CSC2)n1. The Bertz CT molecular complexity index is 531. The summed E-state index contributed by atoms with van der Waals surface area (Å²) in [5, 5.41) is 8.03. The molecule has 0 N–H and O–H groups in total. The van der Waals surface area contributed by atoms with E-state index in [1.165, 1.54) is 0 Å². The van der Waals surface area contributed by atoms with Crippen molar-refractivity contribution in [3.05, 3.63) is 17.3 Å². The molecule has 0 aliphatic carbocycles. The normalized spacial score (nSPS) is 16.1. The van der Waals surface area contributed by atoms with E-state index in [4.69, 9.17) is 9.05 Å². The summed E-state index contributed by atoms with van der Waals surface area (Å²) in [6.07, 6.45) is 0.801. The van der Waals surface area contributed by atoms with Crippen LogP contribution in [0.15, 0.2) is 9.05 Å². The molecule has 0 atom stereocenters. The lowest BCUT2D eigenvalue weighted by molar-refractivity contribution is 0.365. The van der Waals surface area contributed by atoms with Gasteiger partial charge in [-0.25, -0.2) is 0 Å². The van der Waals surface area contributed by atoms with Gasteiger partial charge in [0.05, 0.1) is 17.2 Å². The van der Waals surface area contributed by atoms with E-state index in [0.29, 0.717) is 11.7 Å². The highest BCUT2D eigenvalue weighted by Crippen LogP contribution is 2.34. The third kappa shape index (κ3) is 1.76. The average molecular weight is 251 g/mol. The van der Waals surface area contributed by atoms with Crippen molar-refractivity contribution in [2.45, 2.75) is 26.2 Å². The molecule has 90 valence electrons. The Morgan fingerprint density at radius 2 is 2.12 bits per heavy atom. The Hall–Kier alpha value is -1.30. The number of hydrogen-bond acceptors (Lipinski definition) is 6. The summed E-state index contributed by atoms with van der Waals surface area (Å²) in [5.74, 6) is 4.66. The molecule has 1 aliphatic rings. The van der Waals surface area contributed by atoms with E-state index in [0.717, 1.165) is 40.8 Å². The molecule has 17 heavy (non-hydrogen) atoms. The zero-order valence-corrected chi connectivity index (χ0v) is 10.6. The van der Waals surface area contributed by atoms with Crippen molar-refractivity contribution in [2.24, 2.45) is 0 Å². The Labute approximate surface area is 103 Å². The molecule has 1 aliphatic heterocycles. The van der Waals surface area contributed by atoms with Gasteiger partial charge in [-0.3, -0.25) is 0 Å². The number of aryl methyl sites for hydroxylation is 2. The van der Waals surface area contributed by atoms with E-state index in [-0.39, 0.29) is 0 Å². The molecule has 0 spiro atoms. The number of thioether (sulfide) groups is 1. The standard InChI is InChI=1S/C11H13N3O2S/c1-3-8-9(6(2)15-13-8)10-12-11(16-14-10)7-4-17-5-7/h7H,3-5H2,1-2H3. The Balaban J connectivity index is 1.97. The molecule has 0 saturated carbocycles. The van der Waals surface area contributed by atoms with Crippen molar-refractivity contribution in [3.63, 3.8) is 0 Å². The van der Waals surface area contributed by atoms with Crippen molar-refractivity contribution >= 4 is 11.8 Å². The van der Waals surface area contributed by atoms with Gasteiger partial charge in [0.25, 0.3) is 0 Å². The van der Waals surface area contributed by atoms with Gasteiger partial charge < -0.3 is 9.05 Å². The molecule has 2 aromatic rings. The van der Waals surface area contributed by atoms with Crippen LogP contribution in [0.25, 0.3) is 11.4 Å². The van der Waals surface area contributed by atoms with Gasteiger partial charge in [-0.1, -0.05) is 17.2 Å². The van der Waals surface area contributed by atoms with E-state index in [1.54, 1.807) is 0 Å². The fourth-order valence-electron chi connectivity index (χ4n) is 1.83. The summed E-state index contributed by atoms with van der Waals surface area (Å²) in [6, 6.07) is 0. The van der Waals surface area contributed by atoms with Gasteiger partial charge in [-0.05, 0) is 13.3 Å². The maximum Gasteiger partial charge on any atom is 0.231 e. The molecule has 5 nitrogen and oxygen atoms in total. The van der Waals surface area contributed by atoms with Gasteiger partial charge in [-0.2, -0.15) is 16.7 Å². The van der Waals surface area contributed by atoms with Crippen LogP contribution in [0.5, 0.6) is 0 Å². The van der Waals surface area contributed by atoms with Crippen molar-refractivity contribution in [1.29, 1.82) is 0 Å². The second-order valence-electron chi connectivity index (χ2n) is 4.10. The van der Waals surface area contributed by atoms with Crippen LogP contribution in [0, 0.1) is 6.92 Å².